The Morgan fingerprint density at radius 1 is 1.07 bits per heavy atom. The number of ether oxygens (including phenoxy) is 2. The first-order valence-corrected chi connectivity index (χ1v) is 9.16. The largest absolute Gasteiger partial charge is 0.491 e. The molecular formula is C20H21ClN2O4. The van der Waals surface area contributed by atoms with Crippen molar-refractivity contribution >= 4 is 23.4 Å². The van der Waals surface area contributed by atoms with Crippen LogP contribution in [0.4, 0.5) is 0 Å². The molecule has 1 aliphatic heterocycles. The van der Waals surface area contributed by atoms with Gasteiger partial charge in [-0.15, -0.1) is 0 Å². The number of carbonyl (C=O) groups is 2. The summed E-state index contributed by atoms with van der Waals surface area (Å²) in [6, 6.07) is 13.7. The zero-order valence-electron chi connectivity index (χ0n) is 14.7. The number of amides is 2. The molecule has 1 saturated heterocycles. The van der Waals surface area contributed by atoms with Crippen molar-refractivity contribution < 1.29 is 19.1 Å². The standard InChI is InChI=1S/C20H21ClN2O4/c21-16-7-3-14(4-8-16)12-19(24)22-23-20(25)15-5-9-17(10-6-15)27-13-18-2-1-11-26-18/h3-10,18H,1-2,11-13H2,(H,22,24)(H,23,25). The fourth-order valence-corrected chi connectivity index (χ4v) is 2.82. The quantitative estimate of drug-likeness (QED) is 0.746. The summed E-state index contributed by atoms with van der Waals surface area (Å²) in [7, 11) is 0. The summed E-state index contributed by atoms with van der Waals surface area (Å²) in [5.74, 6) is -0.0406. The van der Waals surface area contributed by atoms with Gasteiger partial charge >= 0.3 is 0 Å². The molecule has 1 atom stereocenters. The first-order valence-electron chi connectivity index (χ1n) is 8.78. The van der Waals surface area contributed by atoms with E-state index in [2.05, 4.69) is 10.9 Å². The van der Waals surface area contributed by atoms with Crippen molar-refractivity contribution in [1.29, 1.82) is 0 Å². The average molecular weight is 389 g/mol. The fraction of sp³-hybridized carbons (Fsp3) is 0.300. The SMILES string of the molecule is O=C(Cc1ccc(Cl)cc1)NNC(=O)c1ccc(OCC2CCCO2)cc1. The highest BCUT2D eigenvalue weighted by molar-refractivity contribution is 6.30. The third kappa shape index (κ3) is 5.98. The van der Waals surface area contributed by atoms with Gasteiger partial charge in [0.05, 0.1) is 12.5 Å². The Hall–Kier alpha value is -2.57. The van der Waals surface area contributed by atoms with Crippen molar-refractivity contribution in [3.8, 4) is 5.75 Å². The summed E-state index contributed by atoms with van der Waals surface area (Å²) in [5.41, 5.74) is 6.03. The summed E-state index contributed by atoms with van der Waals surface area (Å²) in [6.07, 6.45) is 2.37. The van der Waals surface area contributed by atoms with E-state index in [1.165, 1.54) is 0 Å². The van der Waals surface area contributed by atoms with Crippen LogP contribution in [0.3, 0.4) is 0 Å². The van der Waals surface area contributed by atoms with Gasteiger partial charge < -0.3 is 9.47 Å². The summed E-state index contributed by atoms with van der Waals surface area (Å²) < 4.78 is 11.2. The van der Waals surface area contributed by atoms with Gasteiger partial charge in [0.25, 0.3) is 5.91 Å². The number of hydrogen-bond acceptors (Lipinski definition) is 4. The van der Waals surface area contributed by atoms with E-state index in [-0.39, 0.29) is 18.4 Å². The van der Waals surface area contributed by atoms with Crippen molar-refractivity contribution in [2.45, 2.75) is 25.4 Å². The first kappa shape index (κ1) is 19.2. The smallest absolute Gasteiger partial charge is 0.269 e. The second-order valence-electron chi connectivity index (χ2n) is 6.28. The Morgan fingerprint density at radius 2 is 1.81 bits per heavy atom. The van der Waals surface area contributed by atoms with E-state index in [0.717, 1.165) is 25.0 Å². The number of hydrogen-bond donors (Lipinski definition) is 2. The van der Waals surface area contributed by atoms with Gasteiger partial charge in [0, 0.05) is 17.2 Å². The van der Waals surface area contributed by atoms with Gasteiger partial charge in [0.2, 0.25) is 5.91 Å². The minimum atomic E-state index is -0.398. The number of nitrogens with one attached hydrogen (secondary N) is 2. The van der Waals surface area contributed by atoms with E-state index in [9.17, 15) is 9.59 Å². The normalized spacial score (nSPS) is 16.0. The van der Waals surface area contributed by atoms with E-state index in [0.29, 0.717) is 22.9 Å². The van der Waals surface area contributed by atoms with Crippen LogP contribution in [0, 0.1) is 0 Å². The van der Waals surface area contributed by atoms with Crippen LogP contribution in [0.5, 0.6) is 5.75 Å². The van der Waals surface area contributed by atoms with Crippen LogP contribution in [0.25, 0.3) is 0 Å². The minimum Gasteiger partial charge on any atom is -0.491 e. The minimum absolute atomic E-state index is 0.142. The number of carbonyl (C=O) groups excluding carboxylic acids is 2. The lowest BCUT2D eigenvalue weighted by atomic mass is 10.1. The van der Waals surface area contributed by atoms with Gasteiger partial charge in [0.1, 0.15) is 12.4 Å². The predicted octanol–water partition coefficient (Wildman–Crippen LogP) is 2.90. The van der Waals surface area contributed by atoms with Crippen LogP contribution in [0.1, 0.15) is 28.8 Å². The molecule has 0 aromatic heterocycles. The molecule has 1 unspecified atom stereocenters. The molecule has 6 nitrogen and oxygen atoms in total. The maximum Gasteiger partial charge on any atom is 0.269 e. The van der Waals surface area contributed by atoms with Crippen LogP contribution in [0.15, 0.2) is 48.5 Å². The number of hydrazine groups is 1. The highest BCUT2D eigenvalue weighted by atomic mass is 35.5. The zero-order valence-corrected chi connectivity index (χ0v) is 15.5. The molecule has 2 amide bonds. The Kier molecular flexibility index (Phi) is 6.68. The van der Waals surface area contributed by atoms with Gasteiger partial charge in [-0.1, -0.05) is 23.7 Å². The summed E-state index contributed by atoms with van der Waals surface area (Å²) >= 11 is 5.81. The number of benzene rings is 2. The van der Waals surface area contributed by atoms with Crippen LogP contribution in [-0.2, 0) is 16.0 Å². The second kappa shape index (κ2) is 9.39. The molecule has 0 aliphatic carbocycles. The van der Waals surface area contributed by atoms with Crippen LogP contribution < -0.4 is 15.6 Å². The molecule has 2 aromatic rings. The molecule has 142 valence electrons. The lowest BCUT2D eigenvalue weighted by molar-refractivity contribution is -0.121. The van der Waals surface area contributed by atoms with Gasteiger partial charge in [-0.05, 0) is 54.8 Å². The van der Waals surface area contributed by atoms with Crippen LogP contribution in [0.2, 0.25) is 5.02 Å². The Balaban J connectivity index is 1.43. The topological polar surface area (TPSA) is 76.7 Å². The molecule has 2 aromatic carbocycles. The lowest BCUT2D eigenvalue weighted by Gasteiger charge is -2.12. The second-order valence-corrected chi connectivity index (χ2v) is 6.71. The number of halogens is 1. The highest BCUT2D eigenvalue weighted by Crippen LogP contribution is 2.16. The van der Waals surface area contributed by atoms with Crippen LogP contribution in [-0.4, -0.2) is 31.1 Å². The maximum atomic E-state index is 12.1. The summed E-state index contributed by atoms with van der Waals surface area (Å²) in [6.45, 7) is 1.29. The van der Waals surface area contributed by atoms with Gasteiger partial charge in [-0.3, -0.25) is 20.4 Å². The van der Waals surface area contributed by atoms with Crippen LogP contribution >= 0.6 is 11.6 Å². The van der Waals surface area contributed by atoms with Gasteiger partial charge in [-0.25, -0.2) is 0 Å². The van der Waals surface area contributed by atoms with Crippen molar-refractivity contribution in [2.24, 2.45) is 0 Å². The lowest BCUT2D eigenvalue weighted by Crippen LogP contribution is -2.42. The van der Waals surface area contributed by atoms with Crippen molar-refractivity contribution in [2.75, 3.05) is 13.2 Å². The molecule has 7 heteroatoms. The van der Waals surface area contributed by atoms with Crippen molar-refractivity contribution in [3.05, 3.63) is 64.7 Å². The average Bonchev–Trinajstić information content (AvgIpc) is 3.20. The maximum absolute atomic E-state index is 12.1. The molecule has 3 rings (SSSR count). The van der Waals surface area contributed by atoms with Gasteiger partial charge in [-0.2, -0.15) is 0 Å². The molecule has 1 heterocycles. The molecule has 2 N–H and O–H groups in total. The Labute approximate surface area is 162 Å². The van der Waals surface area contributed by atoms with Gasteiger partial charge in [0.15, 0.2) is 0 Å². The molecule has 0 spiro atoms. The zero-order chi connectivity index (χ0) is 19.1. The van der Waals surface area contributed by atoms with E-state index >= 15 is 0 Å². The Bertz CT molecular complexity index is 772. The van der Waals surface area contributed by atoms with E-state index in [4.69, 9.17) is 21.1 Å². The summed E-state index contributed by atoms with van der Waals surface area (Å²) in [5, 5.41) is 0.607. The predicted molar refractivity (Wildman–Crippen MR) is 102 cm³/mol. The van der Waals surface area contributed by atoms with Crippen molar-refractivity contribution in [1.82, 2.24) is 10.9 Å². The fourth-order valence-electron chi connectivity index (χ4n) is 2.70. The molecule has 27 heavy (non-hydrogen) atoms. The third-order valence-electron chi connectivity index (χ3n) is 4.17. The molecule has 0 saturated carbocycles. The number of rotatable bonds is 6. The first-order chi connectivity index (χ1) is 13.1. The van der Waals surface area contributed by atoms with E-state index in [1.54, 1.807) is 48.5 Å². The monoisotopic (exact) mass is 388 g/mol. The molecule has 1 fully saturated rings. The molecule has 0 bridgehead atoms. The molecule has 0 radical (unpaired) electrons. The highest BCUT2D eigenvalue weighted by Gasteiger charge is 2.16. The third-order valence-corrected chi connectivity index (χ3v) is 4.42. The molecule has 1 aliphatic rings. The molecular weight excluding hydrogens is 368 g/mol. The van der Waals surface area contributed by atoms with E-state index in [1.807, 2.05) is 0 Å². The Morgan fingerprint density at radius 3 is 2.48 bits per heavy atom. The van der Waals surface area contributed by atoms with E-state index < -0.39 is 5.91 Å². The van der Waals surface area contributed by atoms with Crippen molar-refractivity contribution in [3.63, 3.8) is 0 Å². The summed E-state index contributed by atoms with van der Waals surface area (Å²) in [4.78, 5) is 24.0.